The number of pyridine rings is 1. The number of fused-ring (bicyclic) bond motifs is 1. The number of methoxy groups -OCH3 is 1. The van der Waals surface area contributed by atoms with Gasteiger partial charge in [0.15, 0.2) is 0 Å². The molecule has 4 rings (SSSR count). The fraction of sp³-hybridized carbons (Fsp3) is 0.0500. The Kier molecular flexibility index (Phi) is 3.93. The predicted octanol–water partition coefficient (Wildman–Crippen LogP) is 3.60. The van der Waals surface area contributed by atoms with E-state index in [1.807, 2.05) is 24.3 Å². The molecule has 26 heavy (non-hydrogen) atoms. The average Bonchev–Trinajstić information content (AvgIpc) is 2.68. The van der Waals surface area contributed by atoms with E-state index in [2.05, 4.69) is 9.97 Å². The zero-order chi connectivity index (χ0) is 18.1. The summed E-state index contributed by atoms with van der Waals surface area (Å²) in [5, 5.41) is 0.913. The lowest BCUT2D eigenvalue weighted by Crippen LogP contribution is -2.18. The Morgan fingerprint density at radius 1 is 1.00 bits per heavy atom. The first-order valence-electron chi connectivity index (χ1n) is 7.94. The summed E-state index contributed by atoms with van der Waals surface area (Å²) in [6.45, 7) is 0. The van der Waals surface area contributed by atoms with Gasteiger partial charge in [0.2, 0.25) is 0 Å². The SMILES string of the molecule is COc1ccc(F)cc1-c1cc(-n2c(=O)ccc3ccccc32)ncn1. The number of hydrogen-bond donors (Lipinski definition) is 0. The molecule has 2 aromatic carbocycles. The molecule has 6 heteroatoms. The number of para-hydroxylation sites is 1. The van der Waals surface area contributed by atoms with Crippen LogP contribution in [0.5, 0.6) is 5.75 Å². The zero-order valence-corrected chi connectivity index (χ0v) is 13.9. The van der Waals surface area contributed by atoms with Crippen molar-refractivity contribution in [2.75, 3.05) is 7.11 Å². The summed E-state index contributed by atoms with van der Waals surface area (Å²) in [7, 11) is 1.51. The van der Waals surface area contributed by atoms with Gasteiger partial charge in [-0.15, -0.1) is 0 Å². The van der Waals surface area contributed by atoms with Gasteiger partial charge in [0.1, 0.15) is 23.7 Å². The lowest BCUT2D eigenvalue weighted by molar-refractivity contribution is 0.415. The van der Waals surface area contributed by atoms with Gasteiger partial charge in [-0.05, 0) is 35.7 Å². The topological polar surface area (TPSA) is 57.0 Å². The van der Waals surface area contributed by atoms with Gasteiger partial charge >= 0.3 is 0 Å². The van der Waals surface area contributed by atoms with E-state index >= 15 is 0 Å². The molecule has 0 atom stereocenters. The number of aromatic nitrogens is 3. The van der Waals surface area contributed by atoms with Crippen LogP contribution in [-0.2, 0) is 0 Å². The molecule has 0 saturated heterocycles. The van der Waals surface area contributed by atoms with Crippen molar-refractivity contribution < 1.29 is 9.13 Å². The van der Waals surface area contributed by atoms with Crippen molar-refractivity contribution in [3.8, 4) is 22.8 Å². The monoisotopic (exact) mass is 347 g/mol. The molecular formula is C20H14FN3O2. The second-order valence-electron chi connectivity index (χ2n) is 5.67. The molecule has 0 N–H and O–H groups in total. The van der Waals surface area contributed by atoms with Gasteiger partial charge in [-0.2, -0.15) is 0 Å². The van der Waals surface area contributed by atoms with Crippen molar-refractivity contribution in [1.29, 1.82) is 0 Å². The van der Waals surface area contributed by atoms with Gasteiger partial charge in [-0.25, -0.2) is 14.4 Å². The Balaban J connectivity index is 1.95. The Morgan fingerprint density at radius 3 is 2.69 bits per heavy atom. The molecule has 0 fully saturated rings. The predicted molar refractivity (Wildman–Crippen MR) is 97.1 cm³/mol. The van der Waals surface area contributed by atoms with Crippen LogP contribution in [0.2, 0.25) is 0 Å². The first kappa shape index (κ1) is 16.0. The molecule has 0 radical (unpaired) electrons. The smallest absolute Gasteiger partial charge is 0.256 e. The summed E-state index contributed by atoms with van der Waals surface area (Å²) in [5.41, 5.74) is 1.48. The normalized spacial score (nSPS) is 10.8. The maximum absolute atomic E-state index is 13.7. The van der Waals surface area contributed by atoms with Gasteiger partial charge in [0, 0.05) is 17.7 Å². The van der Waals surface area contributed by atoms with Crippen LogP contribution in [0, 0.1) is 5.82 Å². The number of benzene rings is 2. The minimum Gasteiger partial charge on any atom is -0.496 e. The largest absolute Gasteiger partial charge is 0.496 e. The van der Waals surface area contributed by atoms with Gasteiger partial charge in [0.25, 0.3) is 5.56 Å². The fourth-order valence-electron chi connectivity index (χ4n) is 2.92. The second kappa shape index (κ2) is 6.40. The molecule has 0 unspecified atom stereocenters. The maximum Gasteiger partial charge on any atom is 0.256 e. The van der Waals surface area contributed by atoms with E-state index in [4.69, 9.17) is 4.74 Å². The van der Waals surface area contributed by atoms with E-state index in [1.165, 1.54) is 42.3 Å². The highest BCUT2D eigenvalue weighted by Crippen LogP contribution is 2.30. The molecule has 2 heterocycles. The van der Waals surface area contributed by atoms with Crippen molar-refractivity contribution in [1.82, 2.24) is 14.5 Å². The molecule has 0 amide bonds. The van der Waals surface area contributed by atoms with Crippen LogP contribution in [0.25, 0.3) is 28.0 Å². The quantitative estimate of drug-likeness (QED) is 0.568. The zero-order valence-electron chi connectivity index (χ0n) is 13.9. The van der Waals surface area contributed by atoms with Crippen molar-refractivity contribution in [3.05, 3.63) is 83.2 Å². The maximum atomic E-state index is 13.7. The molecule has 0 aliphatic carbocycles. The van der Waals surface area contributed by atoms with Crippen molar-refractivity contribution in [2.45, 2.75) is 0 Å². The number of rotatable bonds is 3. The third kappa shape index (κ3) is 2.71. The molecule has 0 aliphatic heterocycles. The van der Waals surface area contributed by atoms with Crippen LogP contribution in [-0.4, -0.2) is 21.6 Å². The second-order valence-corrected chi connectivity index (χ2v) is 5.67. The van der Waals surface area contributed by atoms with Crippen LogP contribution in [0.3, 0.4) is 0 Å². The number of hydrogen-bond acceptors (Lipinski definition) is 4. The number of ether oxygens (including phenoxy) is 1. The highest BCUT2D eigenvalue weighted by molar-refractivity contribution is 5.80. The molecule has 128 valence electrons. The van der Waals surface area contributed by atoms with Gasteiger partial charge in [0.05, 0.1) is 18.3 Å². The third-order valence-corrected chi connectivity index (χ3v) is 4.12. The fourth-order valence-corrected chi connectivity index (χ4v) is 2.92. The van der Waals surface area contributed by atoms with E-state index in [0.29, 0.717) is 22.8 Å². The molecule has 0 aliphatic rings. The molecule has 0 bridgehead atoms. The summed E-state index contributed by atoms with van der Waals surface area (Å²) in [4.78, 5) is 20.9. The summed E-state index contributed by atoms with van der Waals surface area (Å²) >= 11 is 0. The first-order valence-corrected chi connectivity index (χ1v) is 7.94. The highest BCUT2D eigenvalue weighted by atomic mass is 19.1. The van der Waals surface area contributed by atoms with E-state index in [-0.39, 0.29) is 5.56 Å². The summed E-state index contributed by atoms with van der Waals surface area (Å²) < 4.78 is 20.5. The van der Waals surface area contributed by atoms with Gasteiger partial charge in [-0.1, -0.05) is 18.2 Å². The Morgan fingerprint density at radius 2 is 1.85 bits per heavy atom. The standard InChI is InChI=1S/C20H14FN3O2/c1-26-18-8-7-14(21)10-15(18)16-11-19(23-12-22-16)24-17-5-3-2-4-13(17)6-9-20(24)25/h2-12H,1H3. The lowest BCUT2D eigenvalue weighted by atomic mass is 10.1. The van der Waals surface area contributed by atoms with E-state index in [1.54, 1.807) is 12.1 Å². The van der Waals surface area contributed by atoms with Gasteiger partial charge in [-0.3, -0.25) is 9.36 Å². The third-order valence-electron chi connectivity index (χ3n) is 4.12. The summed E-state index contributed by atoms with van der Waals surface area (Å²) in [6.07, 6.45) is 1.35. The Hall–Kier alpha value is -3.54. The average molecular weight is 347 g/mol. The molecule has 4 aromatic rings. The van der Waals surface area contributed by atoms with Crippen LogP contribution in [0.4, 0.5) is 4.39 Å². The van der Waals surface area contributed by atoms with Crippen LogP contribution >= 0.6 is 0 Å². The van der Waals surface area contributed by atoms with Crippen molar-refractivity contribution >= 4 is 10.9 Å². The Bertz CT molecular complexity index is 1170. The van der Waals surface area contributed by atoms with E-state index in [9.17, 15) is 9.18 Å². The number of nitrogens with zero attached hydrogens (tertiary/aromatic N) is 3. The summed E-state index contributed by atoms with van der Waals surface area (Å²) in [5.74, 6) is 0.493. The molecule has 0 spiro atoms. The molecule has 5 nitrogen and oxygen atoms in total. The van der Waals surface area contributed by atoms with Crippen LogP contribution < -0.4 is 10.3 Å². The molecule has 2 aromatic heterocycles. The first-order chi connectivity index (χ1) is 12.7. The highest BCUT2D eigenvalue weighted by Gasteiger charge is 2.12. The summed E-state index contributed by atoms with van der Waals surface area (Å²) in [6, 6.07) is 16.6. The van der Waals surface area contributed by atoms with E-state index < -0.39 is 5.82 Å². The van der Waals surface area contributed by atoms with Crippen molar-refractivity contribution in [2.24, 2.45) is 0 Å². The van der Waals surface area contributed by atoms with Crippen molar-refractivity contribution in [3.63, 3.8) is 0 Å². The molecular weight excluding hydrogens is 333 g/mol. The molecule has 0 saturated carbocycles. The van der Waals surface area contributed by atoms with Crippen LogP contribution in [0.1, 0.15) is 0 Å². The number of halogens is 1. The van der Waals surface area contributed by atoms with Gasteiger partial charge < -0.3 is 4.74 Å². The van der Waals surface area contributed by atoms with E-state index in [0.717, 1.165) is 10.9 Å². The van der Waals surface area contributed by atoms with Crippen LogP contribution in [0.15, 0.2) is 71.8 Å². The minimum atomic E-state index is -0.400. The Labute approximate surface area is 148 Å². The lowest BCUT2D eigenvalue weighted by Gasteiger charge is -2.11. The minimum absolute atomic E-state index is 0.209.